The number of anilines is 1. The van der Waals surface area contributed by atoms with Gasteiger partial charge in [-0.05, 0) is 59.9 Å². The summed E-state index contributed by atoms with van der Waals surface area (Å²) in [6.07, 6.45) is 1.72. The zero-order chi connectivity index (χ0) is 32.4. The molecular formula is C38H38N4O5. The van der Waals surface area contributed by atoms with Crippen LogP contribution in [0.25, 0.3) is 10.9 Å². The summed E-state index contributed by atoms with van der Waals surface area (Å²) in [6, 6.07) is 35.3. The van der Waals surface area contributed by atoms with Crippen molar-refractivity contribution in [1.29, 1.82) is 0 Å². The lowest BCUT2D eigenvalue weighted by Gasteiger charge is -2.31. The predicted molar refractivity (Wildman–Crippen MR) is 182 cm³/mol. The molecular weight excluding hydrogens is 592 g/mol. The number of amides is 2. The molecule has 5 aromatic rings. The number of ether oxygens (including phenoxy) is 2. The Hall–Kier alpha value is -5.25. The maximum absolute atomic E-state index is 13.9. The third-order valence-electron chi connectivity index (χ3n) is 8.38. The smallest absolute Gasteiger partial charge is 0.405 e. The molecule has 9 nitrogen and oxygen atoms in total. The normalized spacial score (nSPS) is 16.8. The largest absolute Gasteiger partial charge is 0.490 e. The van der Waals surface area contributed by atoms with Gasteiger partial charge in [0, 0.05) is 36.3 Å². The number of aryl methyl sites for hydroxylation is 1. The fourth-order valence-electron chi connectivity index (χ4n) is 6.14. The molecule has 1 aliphatic rings. The van der Waals surface area contributed by atoms with E-state index in [0.717, 1.165) is 39.8 Å². The van der Waals surface area contributed by atoms with Crippen LogP contribution < -0.4 is 20.7 Å². The molecule has 0 bridgehead atoms. The number of carbonyl (C=O) groups excluding carboxylic acids is 1. The summed E-state index contributed by atoms with van der Waals surface area (Å²) in [6.45, 7) is 1.81. The Balaban J connectivity index is 1.12. The molecule has 0 spiro atoms. The SMILES string of the molecule is O=C(O)NC(C(=O)Nc1ccccc1CC[C@@H]1CNC[C@@H](COc2cccc3ncccc23)O1)C(c1ccccc1)c1ccccc1. The predicted octanol–water partition coefficient (Wildman–Crippen LogP) is 6.01. The van der Waals surface area contributed by atoms with E-state index < -0.39 is 24.0 Å². The van der Waals surface area contributed by atoms with Gasteiger partial charge in [-0.25, -0.2) is 4.79 Å². The number of carbonyl (C=O) groups is 2. The summed E-state index contributed by atoms with van der Waals surface area (Å²) in [7, 11) is 0. The van der Waals surface area contributed by atoms with E-state index in [1.165, 1.54) is 0 Å². The van der Waals surface area contributed by atoms with Gasteiger partial charge in [-0.15, -0.1) is 0 Å². The Bertz CT molecular complexity index is 1740. The Kier molecular flexibility index (Phi) is 10.4. The number of benzene rings is 4. The van der Waals surface area contributed by atoms with Gasteiger partial charge >= 0.3 is 6.09 Å². The van der Waals surface area contributed by atoms with Crippen LogP contribution in [0.2, 0.25) is 0 Å². The van der Waals surface area contributed by atoms with Gasteiger partial charge in [-0.1, -0.05) is 84.9 Å². The van der Waals surface area contributed by atoms with E-state index >= 15 is 0 Å². The maximum Gasteiger partial charge on any atom is 0.405 e. The first-order chi connectivity index (χ1) is 23.0. The highest BCUT2D eigenvalue weighted by molar-refractivity contribution is 5.98. The lowest BCUT2D eigenvalue weighted by Crippen LogP contribution is -2.47. The topological polar surface area (TPSA) is 122 Å². The van der Waals surface area contributed by atoms with Crippen molar-refractivity contribution in [2.24, 2.45) is 0 Å². The number of fused-ring (bicyclic) bond motifs is 1. The van der Waals surface area contributed by atoms with Crippen LogP contribution in [0, 0.1) is 0 Å². The van der Waals surface area contributed by atoms with Crippen molar-refractivity contribution in [3.63, 3.8) is 0 Å². The van der Waals surface area contributed by atoms with Crippen LogP contribution in [0.15, 0.2) is 121 Å². The molecule has 47 heavy (non-hydrogen) atoms. The summed E-state index contributed by atoms with van der Waals surface area (Å²) < 4.78 is 12.6. The number of aromatic nitrogens is 1. The van der Waals surface area contributed by atoms with Gasteiger partial charge in [0.1, 0.15) is 24.5 Å². The molecule has 0 aliphatic carbocycles. The third kappa shape index (κ3) is 8.13. The number of nitrogens with zero attached hydrogens (tertiary/aromatic N) is 1. The number of morpholine rings is 1. The number of hydrogen-bond donors (Lipinski definition) is 4. The fraction of sp³-hybridized carbons (Fsp3) is 0.237. The molecule has 9 heteroatoms. The van der Waals surface area contributed by atoms with Crippen molar-refractivity contribution < 1.29 is 24.2 Å². The number of pyridine rings is 1. The van der Waals surface area contributed by atoms with Crippen LogP contribution in [0.1, 0.15) is 29.0 Å². The molecule has 1 unspecified atom stereocenters. The molecule has 0 saturated carbocycles. The minimum absolute atomic E-state index is 0.0442. The Labute approximate surface area is 274 Å². The molecule has 1 fully saturated rings. The number of nitrogens with one attached hydrogen (secondary N) is 3. The highest BCUT2D eigenvalue weighted by Gasteiger charge is 2.33. The van der Waals surface area contributed by atoms with Gasteiger partial charge in [0.2, 0.25) is 5.91 Å². The Morgan fingerprint density at radius 3 is 2.30 bits per heavy atom. The van der Waals surface area contributed by atoms with Crippen LogP contribution >= 0.6 is 0 Å². The van der Waals surface area contributed by atoms with Crippen molar-refractivity contribution in [2.75, 3.05) is 25.0 Å². The van der Waals surface area contributed by atoms with Gasteiger partial charge in [0.15, 0.2) is 0 Å². The van der Waals surface area contributed by atoms with E-state index in [1.54, 1.807) is 6.20 Å². The maximum atomic E-state index is 13.9. The number of carboxylic acid groups (broad SMARTS) is 1. The Morgan fingerprint density at radius 1 is 0.851 bits per heavy atom. The fourth-order valence-corrected chi connectivity index (χ4v) is 6.14. The molecule has 1 aromatic heterocycles. The molecule has 2 amide bonds. The molecule has 3 atom stereocenters. The van der Waals surface area contributed by atoms with Gasteiger partial charge in [0.05, 0.1) is 11.6 Å². The molecule has 4 N–H and O–H groups in total. The van der Waals surface area contributed by atoms with E-state index in [-0.39, 0.29) is 12.2 Å². The van der Waals surface area contributed by atoms with Crippen LogP contribution in [0.5, 0.6) is 5.75 Å². The quantitative estimate of drug-likeness (QED) is 0.133. The highest BCUT2D eigenvalue weighted by Crippen LogP contribution is 2.30. The molecule has 6 rings (SSSR count). The first-order valence-corrected chi connectivity index (χ1v) is 15.9. The second-order valence-corrected chi connectivity index (χ2v) is 11.6. The van der Waals surface area contributed by atoms with Crippen molar-refractivity contribution in [2.45, 2.75) is 37.0 Å². The van der Waals surface area contributed by atoms with Crippen LogP contribution in [-0.2, 0) is 16.0 Å². The first kappa shape index (κ1) is 31.7. The second-order valence-electron chi connectivity index (χ2n) is 11.6. The van der Waals surface area contributed by atoms with Crippen LogP contribution in [-0.4, -0.2) is 60.0 Å². The molecule has 1 aliphatic heterocycles. The minimum Gasteiger partial charge on any atom is -0.490 e. The van der Waals surface area contributed by atoms with Crippen molar-refractivity contribution >= 4 is 28.6 Å². The number of para-hydroxylation sites is 1. The zero-order valence-corrected chi connectivity index (χ0v) is 25.9. The molecule has 2 heterocycles. The van der Waals surface area contributed by atoms with Gasteiger partial charge < -0.3 is 30.5 Å². The van der Waals surface area contributed by atoms with Crippen molar-refractivity contribution in [1.82, 2.24) is 15.6 Å². The van der Waals surface area contributed by atoms with E-state index in [2.05, 4.69) is 20.9 Å². The average molecular weight is 631 g/mol. The summed E-state index contributed by atoms with van der Waals surface area (Å²) in [4.78, 5) is 30.3. The second kappa shape index (κ2) is 15.4. The molecule has 1 saturated heterocycles. The van der Waals surface area contributed by atoms with Gasteiger partial charge in [0.25, 0.3) is 0 Å². The first-order valence-electron chi connectivity index (χ1n) is 15.9. The monoisotopic (exact) mass is 630 g/mol. The lowest BCUT2D eigenvalue weighted by atomic mass is 9.84. The summed E-state index contributed by atoms with van der Waals surface area (Å²) in [5.74, 6) is -0.191. The summed E-state index contributed by atoms with van der Waals surface area (Å²) in [5, 5.41) is 19.7. The van der Waals surface area contributed by atoms with Crippen molar-refractivity contribution in [3.05, 3.63) is 138 Å². The van der Waals surface area contributed by atoms with Gasteiger partial charge in [-0.2, -0.15) is 0 Å². The van der Waals surface area contributed by atoms with E-state index in [0.29, 0.717) is 31.8 Å². The molecule has 240 valence electrons. The molecule has 4 aromatic carbocycles. The number of rotatable bonds is 12. The summed E-state index contributed by atoms with van der Waals surface area (Å²) >= 11 is 0. The number of hydrogen-bond acceptors (Lipinski definition) is 6. The van der Waals surface area contributed by atoms with Crippen LogP contribution in [0.3, 0.4) is 0 Å². The standard InChI is InChI=1S/C38H38N4O5/c43-37(36(42-38(44)45)35(27-12-3-1-4-13-27)28-14-5-2-6-15-28)41-32-17-8-7-11-26(32)20-21-29-23-39-24-30(47-29)25-46-34-19-9-18-33-31(34)16-10-22-40-33/h1-19,22,29-30,35-36,39,42H,20-21,23-25H2,(H,41,43)(H,44,45)/t29-,30+,36?/m1/s1. The minimum atomic E-state index is -1.27. The van der Waals surface area contributed by atoms with E-state index in [1.807, 2.05) is 115 Å². The average Bonchev–Trinajstić information content (AvgIpc) is 3.11. The Morgan fingerprint density at radius 2 is 1.55 bits per heavy atom. The highest BCUT2D eigenvalue weighted by atomic mass is 16.5. The van der Waals surface area contributed by atoms with E-state index in [9.17, 15) is 14.7 Å². The molecule has 0 radical (unpaired) electrons. The van der Waals surface area contributed by atoms with Gasteiger partial charge in [-0.3, -0.25) is 9.78 Å². The van der Waals surface area contributed by atoms with Crippen molar-refractivity contribution in [3.8, 4) is 5.75 Å². The summed E-state index contributed by atoms with van der Waals surface area (Å²) in [5.41, 5.74) is 4.13. The zero-order valence-electron chi connectivity index (χ0n) is 25.9. The van der Waals surface area contributed by atoms with Crippen LogP contribution in [0.4, 0.5) is 10.5 Å². The van der Waals surface area contributed by atoms with E-state index in [4.69, 9.17) is 9.47 Å². The lowest BCUT2D eigenvalue weighted by molar-refractivity contribution is -0.118. The third-order valence-corrected chi connectivity index (χ3v) is 8.38.